The molecule has 10 heteroatoms. The summed E-state index contributed by atoms with van der Waals surface area (Å²) in [5.74, 6) is -0.685. The Bertz CT molecular complexity index is 1190. The van der Waals surface area contributed by atoms with Crippen LogP contribution in [-0.4, -0.2) is 60.2 Å². The van der Waals surface area contributed by atoms with E-state index in [0.717, 1.165) is 50.7 Å². The van der Waals surface area contributed by atoms with E-state index in [2.05, 4.69) is 21.9 Å². The van der Waals surface area contributed by atoms with E-state index in [9.17, 15) is 14.7 Å². The van der Waals surface area contributed by atoms with E-state index in [0.29, 0.717) is 28.9 Å². The standard InChI is InChI=1S/C25H27ClN2O5.2ClH/c1-17-21-8-7-20(15-22(21)33-25(31)23(17)24(29)30)32-14-2-9-27-10-12-28(13-11-27)16-18-3-5-19(26)6-4-18;;/h3-8,15H,2,9-14,16H2,1H3,(H,29,30);2*1H. The van der Waals surface area contributed by atoms with Crippen LogP contribution < -0.4 is 10.4 Å². The van der Waals surface area contributed by atoms with Crippen LogP contribution in [0, 0.1) is 6.92 Å². The van der Waals surface area contributed by atoms with Gasteiger partial charge < -0.3 is 19.2 Å². The molecule has 0 atom stereocenters. The molecule has 7 nitrogen and oxygen atoms in total. The van der Waals surface area contributed by atoms with Gasteiger partial charge in [-0.3, -0.25) is 4.90 Å². The molecule has 0 unspecified atom stereocenters. The summed E-state index contributed by atoms with van der Waals surface area (Å²) in [4.78, 5) is 28.1. The van der Waals surface area contributed by atoms with Crippen molar-refractivity contribution >= 4 is 53.4 Å². The van der Waals surface area contributed by atoms with Crippen molar-refractivity contribution in [3.8, 4) is 5.75 Å². The molecule has 0 saturated carbocycles. The van der Waals surface area contributed by atoms with Crippen LogP contribution in [0.1, 0.15) is 27.9 Å². The second kappa shape index (κ2) is 13.1. The first-order valence-corrected chi connectivity index (χ1v) is 11.4. The number of nitrogens with zero attached hydrogens (tertiary/aromatic N) is 2. The third-order valence-electron chi connectivity index (χ3n) is 6.02. The van der Waals surface area contributed by atoms with Crippen LogP contribution >= 0.6 is 36.4 Å². The Morgan fingerprint density at radius 1 is 1.06 bits per heavy atom. The predicted octanol–water partition coefficient (Wildman–Crippen LogP) is 4.88. The fraction of sp³-hybridized carbons (Fsp3) is 0.360. The van der Waals surface area contributed by atoms with Crippen LogP contribution in [-0.2, 0) is 6.54 Å². The number of carbonyl (C=O) groups is 1. The molecule has 0 aliphatic carbocycles. The van der Waals surface area contributed by atoms with E-state index >= 15 is 0 Å². The summed E-state index contributed by atoms with van der Waals surface area (Å²) in [6.07, 6.45) is 0.885. The normalized spacial score (nSPS) is 14.2. The molecular weight excluding hydrogens is 515 g/mol. The first-order valence-electron chi connectivity index (χ1n) is 11.0. The fourth-order valence-corrected chi connectivity index (χ4v) is 4.30. The predicted molar refractivity (Wildman–Crippen MR) is 142 cm³/mol. The maximum atomic E-state index is 12.0. The molecule has 1 saturated heterocycles. The van der Waals surface area contributed by atoms with Crippen molar-refractivity contribution in [1.29, 1.82) is 0 Å². The Balaban J connectivity index is 0.00000216. The average Bonchev–Trinajstić information content (AvgIpc) is 2.79. The second-order valence-electron chi connectivity index (χ2n) is 8.30. The number of rotatable bonds is 8. The zero-order valence-corrected chi connectivity index (χ0v) is 21.8. The highest BCUT2D eigenvalue weighted by Gasteiger charge is 2.18. The Morgan fingerprint density at radius 2 is 1.71 bits per heavy atom. The molecule has 0 amide bonds. The zero-order chi connectivity index (χ0) is 23.4. The van der Waals surface area contributed by atoms with Gasteiger partial charge >= 0.3 is 11.6 Å². The number of aromatic carboxylic acids is 1. The molecule has 4 rings (SSSR count). The minimum atomic E-state index is -1.28. The Labute approximate surface area is 221 Å². The highest BCUT2D eigenvalue weighted by atomic mass is 35.5. The monoisotopic (exact) mass is 542 g/mol. The highest BCUT2D eigenvalue weighted by molar-refractivity contribution is 6.30. The van der Waals surface area contributed by atoms with Gasteiger partial charge in [-0.15, -0.1) is 24.8 Å². The molecule has 190 valence electrons. The topological polar surface area (TPSA) is 83.2 Å². The van der Waals surface area contributed by atoms with Crippen LogP contribution in [0.4, 0.5) is 0 Å². The lowest BCUT2D eigenvalue weighted by molar-refractivity contribution is 0.0691. The van der Waals surface area contributed by atoms with Gasteiger partial charge in [0.2, 0.25) is 0 Å². The molecule has 1 aliphatic heterocycles. The molecule has 2 aromatic carbocycles. The molecule has 1 N–H and O–H groups in total. The van der Waals surface area contributed by atoms with Crippen LogP contribution in [0.15, 0.2) is 51.7 Å². The van der Waals surface area contributed by atoms with Crippen molar-refractivity contribution in [2.45, 2.75) is 19.9 Å². The molecule has 0 radical (unpaired) electrons. The summed E-state index contributed by atoms with van der Waals surface area (Å²) in [6.45, 7) is 8.18. The molecule has 0 spiro atoms. The first-order chi connectivity index (χ1) is 15.9. The number of hydrogen-bond acceptors (Lipinski definition) is 6. The minimum absolute atomic E-state index is 0. The van der Waals surface area contributed by atoms with Crippen molar-refractivity contribution in [2.24, 2.45) is 0 Å². The van der Waals surface area contributed by atoms with Crippen LogP contribution in [0.5, 0.6) is 5.75 Å². The summed E-state index contributed by atoms with van der Waals surface area (Å²) in [5, 5.41) is 10.6. The largest absolute Gasteiger partial charge is 0.493 e. The van der Waals surface area contributed by atoms with Gasteiger partial charge in [0.1, 0.15) is 16.9 Å². The molecule has 3 aromatic rings. The van der Waals surface area contributed by atoms with E-state index in [1.165, 1.54) is 5.56 Å². The first kappa shape index (κ1) is 28.9. The van der Waals surface area contributed by atoms with E-state index < -0.39 is 11.6 Å². The number of piperazine rings is 1. The molecule has 2 heterocycles. The maximum absolute atomic E-state index is 12.0. The highest BCUT2D eigenvalue weighted by Crippen LogP contribution is 2.24. The number of halogens is 3. The quantitative estimate of drug-likeness (QED) is 0.320. The lowest BCUT2D eigenvalue weighted by Crippen LogP contribution is -2.46. The number of fused-ring (bicyclic) bond motifs is 1. The van der Waals surface area contributed by atoms with Gasteiger partial charge in [0.05, 0.1) is 6.61 Å². The van der Waals surface area contributed by atoms with Crippen LogP contribution in [0.3, 0.4) is 0 Å². The van der Waals surface area contributed by atoms with Gasteiger partial charge in [0.15, 0.2) is 0 Å². The molecule has 1 aliphatic rings. The molecule has 0 bridgehead atoms. The van der Waals surface area contributed by atoms with E-state index in [1.54, 1.807) is 25.1 Å². The summed E-state index contributed by atoms with van der Waals surface area (Å²) >= 11 is 5.96. The van der Waals surface area contributed by atoms with Crippen molar-refractivity contribution in [3.05, 3.63) is 74.6 Å². The Kier molecular flexibility index (Phi) is 10.9. The average molecular weight is 544 g/mol. The third-order valence-corrected chi connectivity index (χ3v) is 6.28. The summed E-state index contributed by atoms with van der Waals surface area (Å²) in [5.41, 5.74) is 0.832. The van der Waals surface area contributed by atoms with Gasteiger partial charge in [-0.25, -0.2) is 9.59 Å². The minimum Gasteiger partial charge on any atom is -0.493 e. The van der Waals surface area contributed by atoms with Crippen LogP contribution in [0.2, 0.25) is 5.02 Å². The lowest BCUT2D eigenvalue weighted by atomic mass is 10.1. The van der Waals surface area contributed by atoms with E-state index in [1.807, 2.05) is 12.1 Å². The van der Waals surface area contributed by atoms with Crippen molar-refractivity contribution in [3.63, 3.8) is 0 Å². The van der Waals surface area contributed by atoms with E-state index in [4.69, 9.17) is 20.8 Å². The maximum Gasteiger partial charge on any atom is 0.351 e. The second-order valence-corrected chi connectivity index (χ2v) is 8.74. The molecule has 1 fully saturated rings. The number of carboxylic acid groups (broad SMARTS) is 1. The molecule has 1 aromatic heterocycles. The molecular formula is C25H29Cl3N2O5. The fourth-order valence-electron chi connectivity index (χ4n) is 4.17. The van der Waals surface area contributed by atoms with Crippen molar-refractivity contribution in [1.82, 2.24) is 9.80 Å². The summed E-state index contributed by atoms with van der Waals surface area (Å²) in [7, 11) is 0. The van der Waals surface area contributed by atoms with Crippen molar-refractivity contribution in [2.75, 3.05) is 39.3 Å². The molecule has 35 heavy (non-hydrogen) atoms. The summed E-state index contributed by atoms with van der Waals surface area (Å²) < 4.78 is 11.0. The zero-order valence-electron chi connectivity index (χ0n) is 19.4. The number of benzene rings is 2. The number of hydrogen-bond donors (Lipinski definition) is 1. The van der Waals surface area contributed by atoms with Gasteiger partial charge in [-0.2, -0.15) is 0 Å². The Morgan fingerprint density at radius 3 is 2.37 bits per heavy atom. The SMILES string of the molecule is Cc1c(C(=O)O)c(=O)oc2cc(OCCCN3CCN(Cc4ccc(Cl)cc4)CC3)ccc12.Cl.Cl. The van der Waals surface area contributed by atoms with Gasteiger partial charge in [0.25, 0.3) is 0 Å². The lowest BCUT2D eigenvalue weighted by Gasteiger charge is -2.34. The third kappa shape index (κ3) is 7.35. The number of aryl methyl sites for hydroxylation is 1. The van der Waals surface area contributed by atoms with Gasteiger partial charge in [-0.05, 0) is 48.7 Å². The van der Waals surface area contributed by atoms with Gasteiger partial charge in [-0.1, -0.05) is 23.7 Å². The van der Waals surface area contributed by atoms with E-state index in [-0.39, 0.29) is 30.4 Å². The number of carboxylic acids is 1. The van der Waals surface area contributed by atoms with Crippen LogP contribution in [0.25, 0.3) is 11.0 Å². The Hall–Kier alpha value is -2.29. The number of ether oxygens (including phenoxy) is 1. The summed E-state index contributed by atoms with van der Waals surface area (Å²) in [6, 6.07) is 13.2. The van der Waals surface area contributed by atoms with Gasteiger partial charge in [0, 0.05) is 55.7 Å². The smallest absolute Gasteiger partial charge is 0.351 e. The van der Waals surface area contributed by atoms with Crippen molar-refractivity contribution < 1.29 is 19.1 Å².